The van der Waals surface area contributed by atoms with Gasteiger partial charge in [-0.2, -0.15) is 8.42 Å². The Bertz CT molecular complexity index is 463. The van der Waals surface area contributed by atoms with Gasteiger partial charge in [0, 0.05) is 18.7 Å². The third-order valence-corrected chi connectivity index (χ3v) is 2.08. The van der Waals surface area contributed by atoms with Crippen LogP contribution in [0.1, 0.15) is 12.5 Å². The second kappa shape index (κ2) is 5.31. The van der Waals surface area contributed by atoms with E-state index in [2.05, 4.69) is 0 Å². The van der Waals surface area contributed by atoms with Crippen molar-refractivity contribution in [2.24, 2.45) is 0 Å². The Morgan fingerprint density at radius 1 is 1.33 bits per heavy atom. The molecule has 0 bridgehead atoms. The summed E-state index contributed by atoms with van der Waals surface area (Å²) in [4.78, 5) is 10.6. The largest absolute Gasteiger partial charge is 0.427 e. The van der Waals surface area contributed by atoms with Crippen LogP contribution in [0, 0.1) is 0 Å². The van der Waals surface area contributed by atoms with Crippen molar-refractivity contribution in [3.05, 3.63) is 29.8 Å². The molecule has 4 nitrogen and oxygen atoms in total. The molecule has 0 spiro atoms. The van der Waals surface area contributed by atoms with Gasteiger partial charge in [-0.3, -0.25) is 4.79 Å². The molecule has 0 unspecified atom stereocenters. The molecule has 0 radical (unpaired) electrons. The zero-order valence-corrected chi connectivity index (χ0v) is 8.95. The van der Waals surface area contributed by atoms with E-state index in [-0.39, 0.29) is 5.97 Å². The molecule has 0 aliphatic carbocycles. The monoisotopic (exact) mass is 226 g/mol. The predicted octanol–water partition coefficient (Wildman–Crippen LogP) is 0.836. The second-order valence-electron chi connectivity index (χ2n) is 2.87. The third-order valence-electron chi connectivity index (χ3n) is 1.64. The number of carbonyl (C=O) groups is 1. The Labute approximate surface area is 89.0 Å². The van der Waals surface area contributed by atoms with Crippen molar-refractivity contribution >= 4 is 21.6 Å². The normalized spacial score (nSPS) is 9.40. The fourth-order valence-electron chi connectivity index (χ4n) is 1.02. The van der Waals surface area contributed by atoms with E-state index in [0.717, 1.165) is 5.56 Å². The summed E-state index contributed by atoms with van der Waals surface area (Å²) >= 11 is 0. The van der Waals surface area contributed by atoms with Crippen molar-refractivity contribution in [2.45, 2.75) is 13.3 Å². The molecule has 0 aliphatic rings. The van der Waals surface area contributed by atoms with Gasteiger partial charge < -0.3 is 4.74 Å². The number of benzene rings is 1. The molecule has 15 heavy (non-hydrogen) atoms. The van der Waals surface area contributed by atoms with E-state index < -0.39 is 10.3 Å². The summed E-state index contributed by atoms with van der Waals surface area (Å²) in [7, 11) is -2.14. The Kier molecular flexibility index (Phi) is 4.05. The molecule has 0 N–H and O–H groups in total. The molecule has 0 atom stereocenters. The lowest BCUT2D eigenvalue weighted by atomic mass is 10.2. The summed E-state index contributed by atoms with van der Waals surface area (Å²) < 4.78 is 25.3. The highest BCUT2D eigenvalue weighted by atomic mass is 32.2. The van der Waals surface area contributed by atoms with Gasteiger partial charge in [0.15, 0.2) is 0 Å². The van der Waals surface area contributed by atoms with Crippen LogP contribution in [0.5, 0.6) is 5.75 Å². The zero-order chi connectivity index (χ0) is 11.3. The summed E-state index contributed by atoms with van der Waals surface area (Å²) in [6.07, 6.45) is 0.344. The summed E-state index contributed by atoms with van der Waals surface area (Å²) in [5.74, 6) is 0.0736. The van der Waals surface area contributed by atoms with Gasteiger partial charge in [-0.05, 0) is 17.7 Å². The van der Waals surface area contributed by atoms with Gasteiger partial charge in [0.05, 0.1) is 0 Å². The maximum atomic E-state index is 10.6. The minimum atomic E-state index is -2.14. The van der Waals surface area contributed by atoms with Gasteiger partial charge in [0.25, 0.3) is 0 Å². The first-order valence-corrected chi connectivity index (χ1v) is 5.40. The molecular weight excluding hydrogens is 216 g/mol. The highest BCUT2D eigenvalue weighted by molar-refractivity contribution is 7.71. The number of rotatable bonds is 3. The molecule has 0 fully saturated rings. The smallest absolute Gasteiger partial charge is 0.308 e. The average Bonchev–Trinajstić information content (AvgIpc) is 2.16. The number of hydrogen-bond donors (Lipinski definition) is 0. The van der Waals surface area contributed by atoms with E-state index in [1.54, 1.807) is 24.3 Å². The Balaban J connectivity index is 2.72. The average molecular weight is 226 g/mol. The van der Waals surface area contributed by atoms with Gasteiger partial charge >= 0.3 is 5.97 Å². The predicted molar refractivity (Wildman–Crippen MR) is 56.4 cm³/mol. The van der Waals surface area contributed by atoms with Crippen LogP contribution in [0.2, 0.25) is 0 Å². The molecule has 0 aliphatic heterocycles. The van der Waals surface area contributed by atoms with Crippen molar-refractivity contribution < 1.29 is 17.9 Å². The quantitative estimate of drug-likeness (QED) is 0.435. The molecule has 1 aromatic rings. The lowest BCUT2D eigenvalue weighted by Crippen LogP contribution is -2.01. The molecule has 0 amide bonds. The SMILES string of the molecule is CC(=O)Oc1ccc(CC=S(=O)=O)cc1. The molecule has 0 aromatic heterocycles. The number of ether oxygens (including phenoxy) is 1. The zero-order valence-electron chi connectivity index (χ0n) is 8.14. The lowest BCUT2D eigenvalue weighted by Gasteiger charge is -2.01. The summed E-state index contributed by atoms with van der Waals surface area (Å²) in [6.45, 7) is 1.32. The van der Waals surface area contributed by atoms with Crippen LogP contribution in [0.15, 0.2) is 24.3 Å². The molecule has 1 aromatic carbocycles. The van der Waals surface area contributed by atoms with E-state index in [1.165, 1.54) is 12.3 Å². The van der Waals surface area contributed by atoms with E-state index in [4.69, 9.17) is 4.74 Å². The maximum absolute atomic E-state index is 10.6. The minimum Gasteiger partial charge on any atom is -0.427 e. The molecule has 80 valence electrons. The molecule has 0 saturated carbocycles. The van der Waals surface area contributed by atoms with E-state index >= 15 is 0 Å². The van der Waals surface area contributed by atoms with Crippen LogP contribution >= 0.6 is 0 Å². The van der Waals surface area contributed by atoms with Crippen LogP contribution in [0.25, 0.3) is 0 Å². The van der Waals surface area contributed by atoms with Crippen molar-refractivity contribution in [1.29, 1.82) is 0 Å². The first kappa shape index (κ1) is 11.5. The van der Waals surface area contributed by atoms with E-state index in [9.17, 15) is 13.2 Å². The van der Waals surface area contributed by atoms with Crippen molar-refractivity contribution in [1.82, 2.24) is 0 Å². The van der Waals surface area contributed by atoms with E-state index in [0.29, 0.717) is 12.2 Å². The van der Waals surface area contributed by atoms with Gasteiger partial charge in [0.2, 0.25) is 10.3 Å². The Hall–Kier alpha value is -1.62. The van der Waals surface area contributed by atoms with Crippen molar-refractivity contribution in [2.75, 3.05) is 0 Å². The van der Waals surface area contributed by atoms with Gasteiger partial charge in [0.1, 0.15) is 5.75 Å². The van der Waals surface area contributed by atoms with Crippen LogP contribution in [-0.4, -0.2) is 19.8 Å². The Morgan fingerprint density at radius 2 is 1.93 bits per heavy atom. The van der Waals surface area contributed by atoms with Gasteiger partial charge in [-0.15, -0.1) is 0 Å². The van der Waals surface area contributed by atoms with Crippen LogP contribution in [-0.2, 0) is 21.5 Å². The molecule has 0 heterocycles. The van der Waals surface area contributed by atoms with Crippen LogP contribution in [0.4, 0.5) is 0 Å². The maximum Gasteiger partial charge on any atom is 0.308 e. The molecule has 1 rings (SSSR count). The van der Waals surface area contributed by atoms with Crippen LogP contribution in [0.3, 0.4) is 0 Å². The molecular formula is C10H10O4S. The first-order chi connectivity index (χ1) is 7.08. The molecule has 0 saturated heterocycles. The van der Waals surface area contributed by atoms with Gasteiger partial charge in [-0.1, -0.05) is 12.1 Å². The lowest BCUT2D eigenvalue weighted by molar-refractivity contribution is -0.131. The van der Waals surface area contributed by atoms with Crippen molar-refractivity contribution in [3.63, 3.8) is 0 Å². The summed E-state index contributed by atoms with van der Waals surface area (Å²) in [5.41, 5.74) is 0.843. The molecule has 5 heteroatoms. The van der Waals surface area contributed by atoms with Crippen LogP contribution < -0.4 is 4.74 Å². The number of hydrogen-bond acceptors (Lipinski definition) is 4. The number of carbonyl (C=O) groups excluding carboxylic acids is 1. The second-order valence-corrected chi connectivity index (χ2v) is 3.72. The number of esters is 1. The fraction of sp³-hybridized carbons (Fsp3) is 0.200. The summed E-state index contributed by atoms with van der Waals surface area (Å²) in [5, 5.41) is 1.17. The van der Waals surface area contributed by atoms with Gasteiger partial charge in [-0.25, -0.2) is 0 Å². The third kappa shape index (κ3) is 4.42. The highest BCUT2D eigenvalue weighted by Crippen LogP contribution is 2.12. The minimum absolute atomic E-state index is 0.344. The first-order valence-electron chi connectivity index (χ1n) is 4.26. The summed E-state index contributed by atoms with van der Waals surface area (Å²) in [6, 6.07) is 6.67. The standard InChI is InChI=1S/C10H10O4S/c1-8(11)14-10-4-2-9(3-5-10)6-7-15(12)13/h2-5,7H,6H2,1H3. The van der Waals surface area contributed by atoms with E-state index in [1.807, 2.05) is 0 Å². The highest BCUT2D eigenvalue weighted by Gasteiger charge is 1.97. The topological polar surface area (TPSA) is 60.4 Å². The fourth-order valence-corrected chi connectivity index (χ4v) is 1.35. The van der Waals surface area contributed by atoms with Crippen molar-refractivity contribution in [3.8, 4) is 5.75 Å². The Morgan fingerprint density at radius 3 is 2.40 bits per heavy atom.